The van der Waals surface area contributed by atoms with E-state index >= 15 is 0 Å². The van der Waals surface area contributed by atoms with Gasteiger partial charge in [-0.1, -0.05) is 29.8 Å². The molecule has 30 heavy (non-hydrogen) atoms. The van der Waals surface area contributed by atoms with Gasteiger partial charge in [0.05, 0.1) is 19.2 Å². The van der Waals surface area contributed by atoms with Gasteiger partial charge < -0.3 is 10.1 Å². The van der Waals surface area contributed by atoms with Crippen molar-refractivity contribution in [2.75, 3.05) is 19.0 Å². The van der Waals surface area contributed by atoms with E-state index in [0.717, 1.165) is 41.6 Å². The molecular weight excluding hydrogens is 394 g/mol. The lowest BCUT2D eigenvalue weighted by molar-refractivity contribution is -0.115. The summed E-state index contributed by atoms with van der Waals surface area (Å²) in [7, 11) is 1.69. The van der Waals surface area contributed by atoms with Crippen LogP contribution in [0.4, 0.5) is 5.69 Å². The molecule has 1 aromatic heterocycles. The molecule has 1 N–H and O–H groups in total. The summed E-state index contributed by atoms with van der Waals surface area (Å²) >= 11 is 1.56. The van der Waals surface area contributed by atoms with E-state index in [1.54, 1.807) is 18.4 Å². The van der Waals surface area contributed by atoms with Gasteiger partial charge in [-0.05, 0) is 56.1 Å². The van der Waals surface area contributed by atoms with Crippen molar-refractivity contribution in [1.29, 1.82) is 0 Å². The van der Waals surface area contributed by atoms with Crippen LogP contribution >= 0.6 is 11.3 Å². The number of ether oxygens (including phenoxy) is 1. The van der Waals surface area contributed by atoms with Gasteiger partial charge in [-0.2, -0.15) is 0 Å². The summed E-state index contributed by atoms with van der Waals surface area (Å²) < 4.78 is 5.28. The Morgan fingerprint density at radius 3 is 2.70 bits per heavy atom. The standard InChI is InChI=1S/C24H27N3O2S/c1-17-5-9-19(10-6-17)25-23(28)14-24-26-20(16-30-24)15-27-13-3-4-22(27)18-7-11-21(29-2)12-8-18/h5-12,16,22H,3-4,13-15H2,1-2H3,(H,25,28). The molecule has 5 nitrogen and oxygen atoms in total. The van der Waals surface area contributed by atoms with Crippen LogP contribution in [0.15, 0.2) is 53.9 Å². The lowest BCUT2D eigenvalue weighted by Gasteiger charge is -2.24. The number of amides is 1. The fraction of sp³-hybridized carbons (Fsp3) is 0.333. The van der Waals surface area contributed by atoms with Gasteiger partial charge in [-0.15, -0.1) is 11.3 Å². The highest BCUT2D eigenvalue weighted by molar-refractivity contribution is 7.09. The fourth-order valence-corrected chi connectivity index (χ4v) is 4.69. The zero-order valence-corrected chi connectivity index (χ0v) is 18.2. The number of benzene rings is 2. The van der Waals surface area contributed by atoms with Gasteiger partial charge in [0.25, 0.3) is 0 Å². The van der Waals surface area contributed by atoms with E-state index in [-0.39, 0.29) is 5.91 Å². The molecule has 2 heterocycles. The molecule has 0 bridgehead atoms. The minimum atomic E-state index is -0.0305. The van der Waals surface area contributed by atoms with E-state index in [4.69, 9.17) is 9.72 Å². The number of hydrogen-bond acceptors (Lipinski definition) is 5. The number of methoxy groups -OCH3 is 1. The van der Waals surface area contributed by atoms with Gasteiger partial charge in [0.2, 0.25) is 5.91 Å². The Labute approximate surface area is 181 Å². The highest BCUT2D eigenvalue weighted by Crippen LogP contribution is 2.34. The Morgan fingerprint density at radius 1 is 1.20 bits per heavy atom. The zero-order chi connectivity index (χ0) is 20.9. The second-order valence-corrected chi connectivity index (χ2v) is 8.67. The molecule has 0 spiro atoms. The van der Waals surface area contributed by atoms with Crippen molar-refractivity contribution in [2.45, 2.75) is 38.8 Å². The highest BCUT2D eigenvalue weighted by Gasteiger charge is 2.26. The summed E-state index contributed by atoms with van der Waals surface area (Å²) in [5.41, 5.74) is 4.36. The number of rotatable bonds is 7. The van der Waals surface area contributed by atoms with Crippen LogP contribution in [0.3, 0.4) is 0 Å². The van der Waals surface area contributed by atoms with Crippen molar-refractivity contribution in [3.8, 4) is 5.75 Å². The van der Waals surface area contributed by atoms with Crippen molar-refractivity contribution in [2.24, 2.45) is 0 Å². The molecule has 3 aromatic rings. The number of aryl methyl sites for hydroxylation is 1. The number of carbonyl (C=O) groups is 1. The van der Waals surface area contributed by atoms with Crippen molar-refractivity contribution in [1.82, 2.24) is 9.88 Å². The summed E-state index contributed by atoms with van der Waals surface area (Å²) in [5, 5.41) is 5.88. The lowest BCUT2D eigenvalue weighted by Crippen LogP contribution is -2.23. The maximum atomic E-state index is 12.3. The molecule has 156 valence electrons. The molecule has 0 saturated carbocycles. The van der Waals surface area contributed by atoms with Crippen molar-refractivity contribution in [3.05, 3.63) is 75.7 Å². The normalized spacial score (nSPS) is 16.5. The first-order chi connectivity index (χ1) is 14.6. The summed E-state index contributed by atoms with van der Waals surface area (Å²) in [6.07, 6.45) is 2.65. The van der Waals surface area contributed by atoms with Gasteiger partial charge in [0.1, 0.15) is 10.8 Å². The zero-order valence-electron chi connectivity index (χ0n) is 17.4. The Bertz CT molecular complexity index is 982. The summed E-state index contributed by atoms with van der Waals surface area (Å²) in [6.45, 7) is 3.91. The van der Waals surface area contributed by atoms with Crippen LogP contribution in [-0.2, 0) is 17.8 Å². The summed E-state index contributed by atoms with van der Waals surface area (Å²) in [5.74, 6) is 0.855. The Morgan fingerprint density at radius 2 is 1.97 bits per heavy atom. The number of likely N-dealkylation sites (tertiary alicyclic amines) is 1. The molecule has 1 atom stereocenters. The van der Waals surface area contributed by atoms with Gasteiger partial charge >= 0.3 is 0 Å². The molecule has 6 heteroatoms. The topological polar surface area (TPSA) is 54.5 Å². The van der Waals surface area contributed by atoms with E-state index < -0.39 is 0 Å². The van der Waals surface area contributed by atoms with Gasteiger partial charge in [-0.25, -0.2) is 4.98 Å². The fourth-order valence-electron chi connectivity index (χ4n) is 3.91. The minimum Gasteiger partial charge on any atom is -0.497 e. The maximum Gasteiger partial charge on any atom is 0.231 e. The monoisotopic (exact) mass is 421 g/mol. The third-order valence-corrected chi connectivity index (χ3v) is 6.37. The van der Waals surface area contributed by atoms with Crippen LogP contribution < -0.4 is 10.1 Å². The molecule has 1 aliphatic heterocycles. The predicted octanol–water partition coefficient (Wildman–Crippen LogP) is 4.98. The maximum absolute atomic E-state index is 12.3. The number of thiazole rings is 1. The first-order valence-corrected chi connectivity index (χ1v) is 11.2. The molecule has 2 aromatic carbocycles. The second kappa shape index (κ2) is 9.41. The SMILES string of the molecule is COc1ccc(C2CCCN2Cc2csc(CC(=O)Nc3ccc(C)cc3)n2)cc1. The van der Waals surface area contributed by atoms with Crippen molar-refractivity contribution >= 4 is 22.9 Å². The predicted molar refractivity (Wildman–Crippen MR) is 121 cm³/mol. The number of anilines is 1. The molecule has 4 rings (SSSR count). The number of aromatic nitrogens is 1. The number of hydrogen-bond donors (Lipinski definition) is 1. The number of carbonyl (C=O) groups excluding carboxylic acids is 1. The van der Waals surface area contributed by atoms with E-state index in [2.05, 4.69) is 27.7 Å². The first-order valence-electron chi connectivity index (χ1n) is 10.3. The molecule has 1 aliphatic rings. The van der Waals surface area contributed by atoms with Crippen LogP contribution in [0, 0.1) is 6.92 Å². The number of nitrogens with zero attached hydrogens (tertiary/aromatic N) is 2. The average molecular weight is 422 g/mol. The highest BCUT2D eigenvalue weighted by atomic mass is 32.1. The van der Waals surface area contributed by atoms with Gasteiger partial charge in [0.15, 0.2) is 0 Å². The van der Waals surface area contributed by atoms with Crippen molar-refractivity contribution in [3.63, 3.8) is 0 Å². The third-order valence-electron chi connectivity index (χ3n) is 5.48. The van der Waals surface area contributed by atoms with Crippen LogP contribution in [0.2, 0.25) is 0 Å². The van der Waals surface area contributed by atoms with Crippen LogP contribution in [0.5, 0.6) is 5.75 Å². The molecule has 0 aliphatic carbocycles. The molecule has 1 unspecified atom stereocenters. The Hall–Kier alpha value is -2.70. The molecule has 1 saturated heterocycles. The van der Waals surface area contributed by atoms with E-state index in [1.807, 2.05) is 43.3 Å². The summed E-state index contributed by atoms with van der Waals surface area (Å²) in [6, 6.07) is 16.6. The van der Waals surface area contributed by atoms with Gasteiger partial charge in [-0.3, -0.25) is 9.69 Å². The largest absolute Gasteiger partial charge is 0.497 e. The minimum absolute atomic E-state index is 0.0305. The molecular formula is C24H27N3O2S. The first kappa shape index (κ1) is 20.6. The van der Waals surface area contributed by atoms with Crippen LogP contribution in [0.25, 0.3) is 0 Å². The Kier molecular flexibility index (Phi) is 6.45. The van der Waals surface area contributed by atoms with E-state index in [1.165, 1.54) is 17.5 Å². The van der Waals surface area contributed by atoms with Crippen LogP contribution in [0.1, 0.15) is 40.7 Å². The van der Waals surface area contributed by atoms with Crippen LogP contribution in [-0.4, -0.2) is 29.4 Å². The summed E-state index contributed by atoms with van der Waals surface area (Å²) in [4.78, 5) is 19.5. The Balaban J connectivity index is 1.35. The molecule has 1 amide bonds. The van der Waals surface area contributed by atoms with E-state index in [9.17, 15) is 4.79 Å². The third kappa shape index (κ3) is 5.07. The molecule has 0 radical (unpaired) electrons. The van der Waals surface area contributed by atoms with Gasteiger partial charge in [0, 0.05) is 23.7 Å². The second-order valence-electron chi connectivity index (χ2n) is 7.73. The van der Waals surface area contributed by atoms with Crippen molar-refractivity contribution < 1.29 is 9.53 Å². The molecule has 1 fully saturated rings. The quantitative estimate of drug-likeness (QED) is 0.585. The number of nitrogens with one attached hydrogen (secondary N) is 1. The lowest BCUT2D eigenvalue weighted by atomic mass is 10.0. The average Bonchev–Trinajstić information content (AvgIpc) is 3.39. The smallest absolute Gasteiger partial charge is 0.231 e. The van der Waals surface area contributed by atoms with E-state index in [0.29, 0.717) is 12.5 Å².